The fraction of sp³-hybridized carbons (Fsp3) is 0.933. The molecule has 1 N–H and O–H groups in total. The van der Waals surface area contributed by atoms with Crippen LogP contribution < -0.4 is 5.32 Å². The van der Waals surface area contributed by atoms with Crippen LogP contribution in [0.15, 0.2) is 0 Å². The molecule has 1 amide bonds. The predicted molar refractivity (Wildman–Crippen MR) is 76.1 cm³/mol. The van der Waals surface area contributed by atoms with Gasteiger partial charge in [0.15, 0.2) is 0 Å². The van der Waals surface area contributed by atoms with Crippen molar-refractivity contribution in [1.29, 1.82) is 0 Å². The summed E-state index contributed by atoms with van der Waals surface area (Å²) in [5.74, 6) is 0.267. The number of rotatable bonds is 2. The lowest BCUT2D eigenvalue weighted by molar-refractivity contribution is -0.188. The van der Waals surface area contributed by atoms with Gasteiger partial charge in [0.05, 0.1) is 11.2 Å². The van der Waals surface area contributed by atoms with Crippen LogP contribution in [0.3, 0.4) is 0 Å². The number of amides is 1. The molecule has 2 aliphatic rings. The molecule has 4 heteroatoms. The van der Waals surface area contributed by atoms with Gasteiger partial charge in [-0.1, -0.05) is 6.42 Å². The molecule has 0 aromatic rings. The molecule has 0 aromatic heterocycles. The lowest BCUT2D eigenvalue weighted by Gasteiger charge is -2.47. The Morgan fingerprint density at radius 3 is 2.37 bits per heavy atom. The molecule has 1 unspecified atom stereocenters. The fourth-order valence-corrected chi connectivity index (χ4v) is 3.40. The average Bonchev–Trinajstić information content (AvgIpc) is 2.26. The Kier molecular flexibility index (Phi) is 4.21. The Bertz CT molecular complexity index is 317. The number of nitrogens with one attached hydrogen (secondary N) is 1. The maximum Gasteiger partial charge on any atom is 0.224 e. The summed E-state index contributed by atoms with van der Waals surface area (Å²) >= 11 is 0. The first kappa shape index (κ1) is 14.8. The summed E-state index contributed by atoms with van der Waals surface area (Å²) in [5.41, 5.74) is -0.505. The first-order valence-corrected chi connectivity index (χ1v) is 7.49. The van der Waals surface area contributed by atoms with Crippen molar-refractivity contribution in [3.8, 4) is 0 Å². The molecule has 2 aliphatic heterocycles. The third kappa shape index (κ3) is 4.18. The van der Waals surface area contributed by atoms with Gasteiger partial charge in [-0.25, -0.2) is 0 Å². The Labute approximate surface area is 116 Å². The van der Waals surface area contributed by atoms with Crippen LogP contribution in [0.2, 0.25) is 0 Å². The Hall–Kier alpha value is -0.610. The molecular formula is C15H28N2O2. The summed E-state index contributed by atoms with van der Waals surface area (Å²) in [5, 5.41) is 3.45. The first-order chi connectivity index (χ1) is 8.77. The molecule has 4 nitrogen and oxygen atoms in total. The summed E-state index contributed by atoms with van der Waals surface area (Å²) in [6, 6.07) is 0.371. The number of carbonyl (C=O) groups excluding carboxylic acids is 1. The van der Waals surface area contributed by atoms with Gasteiger partial charge in [-0.3, -0.25) is 4.79 Å². The van der Waals surface area contributed by atoms with Gasteiger partial charge in [0.1, 0.15) is 0 Å². The molecule has 2 heterocycles. The Morgan fingerprint density at radius 1 is 1.21 bits per heavy atom. The molecule has 1 atom stereocenters. The summed E-state index contributed by atoms with van der Waals surface area (Å²) in [6.45, 7) is 10.7. The molecule has 0 aromatic carbocycles. The van der Waals surface area contributed by atoms with E-state index < -0.39 is 0 Å². The smallest absolute Gasteiger partial charge is 0.224 e. The van der Waals surface area contributed by atoms with Gasteiger partial charge in [0.2, 0.25) is 5.91 Å². The number of hydrogen-bond donors (Lipinski definition) is 1. The van der Waals surface area contributed by atoms with Crippen LogP contribution in [0.1, 0.15) is 53.4 Å². The van der Waals surface area contributed by atoms with Crippen molar-refractivity contribution in [2.24, 2.45) is 0 Å². The minimum absolute atomic E-state index is 0.253. The zero-order chi connectivity index (χ0) is 14.1. The second kappa shape index (κ2) is 5.41. The van der Waals surface area contributed by atoms with E-state index in [1.54, 1.807) is 0 Å². The quantitative estimate of drug-likeness (QED) is 0.832. The van der Waals surface area contributed by atoms with E-state index in [4.69, 9.17) is 4.74 Å². The summed E-state index contributed by atoms with van der Waals surface area (Å²) in [6.07, 6.45) is 4.24. The van der Waals surface area contributed by atoms with Crippen molar-refractivity contribution >= 4 is 5.91 Å². The third-order valence-corrected chi connectivity index (χ3v) is 3.88. The molecule has 0 aliphatic carbocycles. The van der Waals surface area contributed by atoms with E-state index in [0.29, 0.717) is 25.6 Å². The van der Waals surface area contributed by atoms with E-state index in [2.05, 4.69) is 33.0 Å². The highest BCUT2D eigenvalue weighted by atomic mass is 16.5. The van der Waals surface area contributed by atoms with E-state index in [-0.39, 0.29) is 17.1 Å². The van der Waals surface area contributed by atoms with Gasteiger partial charge in [-0.05, 0) is 47.1 Å². The van der Waals surface area contributed by atoms with E-state index >= 15 is 0 Å². The van der Waals surface area contributed by atoms with Gasteiger partial charge < -0.3 is 15.0 Å². The van der Waals surface area contributed by atoms with Crippen LogP contribution in [0.25, 0.3) is 0 Å². The normalized spacial score (nSPS) is 30.1. The molecule has 2 fully saturated rings. The topological polar surface area (TPSA) is 41.6 Å². The molecule has 0 saturated carbocycles. The largest absolute Gasteiger partial charge is 0.366 e. The highest BCUT2D eigenvalue weighted by Gasteiger charge is 2.40. The maximum absolute atomic E-state index is 12.5. The number of carbonyl (C=O) groups is 1. The van der Waals surface area contributed by atoms with E-state index in [9.17, 15) is 4.79 Å². The van der Waals surface area contributed by atoms with Crippen molar-refractivity contribution in [1.82, 2.24) is 10.2 Å². The highest BCUT2D eigenvalue weighted by molar-refractivity contribution is 5.77. The van der Waals surface area contributed by atoms with Crippen LogP contribution in [-0.4, -0.2) is 47.7 Å². The number of morpholine rings is 1. The molecule has 0 bridgehead atoms. The second-order valence-electron chi connectivity index (χ2n) is 7.22. The third-order valence-electron chi connectivity index (χ3n) is 3.88. The summed E-state index contributed by atoms with van der Waals surface area (Å²) < 4.78 is 6.02. The molecule has 0 spiro atoms. The predicted octanol–water partition coefficient (Wildman–Crippen LogP) is 1.93. The monoisotopic (exact) mass is 268 g/mol. The van der Waals surface area contributed by atoms with Gasteiger partial charge >= 0.3 is 0 Å². The molecule has 110 valence electrons. The SMILES string of the molecule is CC1(C)CN(C(=O)CC2CCCCN2)CC(C)(C)O1. The zero-order valence-electron chi connectivity index (χ0n) is 12.8. The zero-order valence-corrected chi connectivity index (χ0v) is 12.8. The van der Waals surface area contributed by atoms with Crippen LogP contribution in [-0.2, 0) is 9.53 Å². The van der Waals surface area contributed by atoms with E-state index in [0.717, 1.165) is 13.0 Å². The van der Waals surface area contributed by atoms with Crippen molar-refractivity contribution < 1.29 is 9.53 Å². The number of ether oxygens (including phenoxy) is 1. The van der Waals surface area contributed by atoms with Gasteiger partial charge in [-0.2, -0.15) is 0 Å². The summed E-state index contributed by atoms with van der Waals surface area (Å²) in [7, 11) is 0. The number of piperidine rings is 1. The van der Waals surface area contributed by atoms with Crippen LogP contribution in [0.5, 0.6) is 0 Å². The molecular weight excluding hydrogens is 240 g/mol. The average molecular weight is 268 g/mol. The fourth-order valence-electron chi connectivity index (χ4n) is 3.40. The summed E-state index contributed by atoms with van der Waals surface area (Å²) in [4.78, 5) is 14.5. The highest BCUT2D eigenvalue weighted by Crippen LogP contribution is 2.28. The van der Waals surface area contributed by atoms with Crippen molar-refractivity contribution in [2.45, 2.75) is 70.6 Å². The Balaban J connectivity index is 1.94. The number of hydrogen-bond acceptors (Lipinski definition) is 3. The Morgan fingerprint density at radius 2 is 1.84 bits per heavy atom. The van der Waals surface area contributed by atoms with Gasteiger partial charge in [0.25, 0.3) is 0 Å². The van der Waals surface area contributed by atoms with E-state index in [1.165, 1.54) is 12.8 Å². The van der Waals surface area contributed by atoms with Crippen LogP contribution >= 0.6 is 0 Å². The first-order valence-electron chi connectivity index (χ1n) is 7.49. The number of nitrogens with zero attached hydrogens (tertiary/aromatic N) is 1. The lowest BCUT2D eigenvalue weighted by Crippen LogP contribution is -2.59. The minimum Gasteiger partial charge on any atom is -0.366 e. The van der Waals surface area contributed by atoms with Crippen molar-refractivity contribution in [2.75, 3.05) is 19.6 Å². The molecule has 19 heavy (non-hydrogen) atoms. The lowest BCUT2D eigenvalue weighted by atomic mass is 9.97. The minimum atomic E-state index is -0.253. The molecule has 2 saturated heterocycles. The molecule has 2 rings (SSSR count). The van der Waals surface area contributed by atoms with Crippen LogP contribution in [0, 0.1) is 0 Å². The second-order valence-corrected chi connectivity index (χ2v) is 7.22. The van der Waals surface area contributed by atoms with E-state index in [1.807, 2.05) is 4.90 Å². The van der Waals surface area contributed by atoms with Crippen molar-refractivity contribution in [3.05, 3.63) is 0 Å². The van der Waals surface area contributed by atoms with Crippen LogP contribution in [0.4, 0.5) is 0 Å². The van der Waals surface area contributed by atoms with Gasteiger partial charge in [0, 0.05) is 25.6 Å². The van der Waals surface area contributed by atoms with Gasteiger partial charge in [-0.15, -0.1) is 0 Å². The standard InChI is InChI=1S/C15H28N2O2/c1-14(2)10-17(11-15(3,4)19-14)13(18)9-12-7-5-6-8-16-12/h12,16H,5-11H2,1-4H3. The maximum atomic E-state index is 12.5. The van der Waals surface area contributed by atoms with Crippen molar-refractivity contribution in [3.63, 3.8) is 0 Å². The molecule has 0 radical (unpaired) electrons.